The first kappa shape index (κ1) is 18.6. The smallest absolute Gasteiger partial charge is 0.328 e. The van der Waals surface area contributed by atoms with Gasteiger partial charge in [0.1, 0.15) is 0 Å². The van der Waals surface area contributed by atoms with E-state index in [2.05, 4.69) is 4.98 Å². The van der Waals surface area contributed by atoms with E-state index in [1.165, 1.54) is 0 Å². The summed E-state index contributed by atoms with van der Waals surface area (Å²) in [5.41, 5.74) is 6.93. The lowest BCUT2D eigenvalue weighted by Gasteiger charge is -2.39. The van der Waals surface area contributed by atoms with Crippen LogP contribution in [0.15, 0.2) is 46.1 Å². The largest absolute Gasteiger partial charge is 0.376 e. The first-order valence-electron chi connectivity index (χ1n) is 9.15. The van der Waals surface area contributed by atoms with Crippen LogP contribution in [0.2, 0.25) is 0 Å². The van der Waals surface area contributed by atoms with Gasteiger partial charge >= 0.3 is 5.69 Å². The highest BCUT2D eigenvalue weighted by Gasteiger charge is 2.35. The van der Waals surface area contributed by atoms with Gasteiger partial charge in [0.05, 0.1) is 13.2 Å². The van der Waals surface area contributed by atoms with Crippen LogP contribution in [0.25, 0.3) is 0 Å². The summed E-state index contributed by atoms with van der Waals surface area (Å²) in [6.07, 6.45) is 5.31. The molecule has 0 aliphatic heterocycles. The third-order valence-corrected chi connectivity index (χ3v) is 5.31. The fraction of sp³-hybridized carbons (Fsp3) is 0.500. The monoisotopic (exact) mass is 357 g/mol. The molecule has 1 aromatic heterocycles. The van der Waals surface area contributed by atoms with E-state index in [1.54, 1.807) is 17.7 Å². The molecule has 0 bridgehead atoms. The Morgan fingerprint density at radius 3 is 2.62 bits per heavy atom. The van der Waals surface area contributed by atoms with Gasteiger partial charge in [0, 0.05) is 29.8 Å². The number of rotatable bonds is 6. The highest BCUT2D eigenvalue weighted by Crippen LogP contribution is 2.37. The number of benzene rings is 1. The van der Waals surface area contributed by atoms with Crippen LogP contribution in [0.4, 0.5) is 0 Å². The van der Waals surface area contributed by atoms with Crippen molar-refractivity contribution >= 4 is 0 Å². The molecule has 3 N–H and O–H groups in total. The second kappa shape index (κ2) is 8.01. The number of aromatic amines is 1. The third-order valence-electron chi connectivity index (χ3n) is 5.31. The van der Waals surface area contributed by atoms with Gasteiger partial charge < -0.3 is 10.5 Å². The molecule has 26 heavy (non-hydrogen) atoms. The zero-order chi connectivity index (χ0) is 18.6. The Hall–Kier alpha value is -2.18. The van der Waals surface area contributed by atoms with Gasteiger partial charge in [-0.25, -0.2) is 4.79 Å². The van der Waals surface area contributed by atoms with Crippen LogP contribution < -0.4 is 17.0 Å². The second-order valence-corrected chi connectivity index (χ2v) is 7.52. The number of hydrogen-bond acceptors (Lipinski definition) is 4. The van der Waals surface area contributed by atoms with Gasteiger partial charge in [-0.2, -0.15) is 0 Å². The summed E-state index contributed by atoms with van der Waals surface area (Å²) in [4.78, 5) is 26.2. The number of aryl methyl sites for hydroxylation is 1. The van der Waals surface area contributed by atoms with Gasteiger partial charge in [0.2, 0.25) is 0 Å². The van der Waals surface area contributed by atoms with Crippen molar-refractivity contribution in [1.29, 1.82) is 0 Å². The molecule has 0 saturated heterocycles. The van der Waals surface area contributed by atoms with Gasteiger partial charge in [-0.1, -0.05) is 30.3 Å². The molecule has 6 heteroatoms. The maximum absolute atomic E-state index is 12.2. The van der Waals surface area contributed by atoms with Crippen LogP contribution in [0.5, 0.6) is 0 Å². The minimum atomic E-state index is -0.363. The molecule has 0 atom stereocenters. The number of nitrogens with two attached hydrogens (primary N) is 1. The predicted octanol–water partition coefficient (Wildman–Crippen LogP) is 1.95. The minimum Gasteiger partial charge on any atom is -0.376 e. The second-order valence-electron chi connectivity index (χ2n) is 7.52. The molecule has 1 fully saturated rings. The van der Waals surface area contributed by atoms with Crippen molar-refractivity contribution in [3.63, 3.8) is 0 Å². The normalized spacial score (nSPS) is 23.1. The lowest BCUT2D eigenvalue weighted by Crippen LogP contribution is -2.43. The van der Waals surface area contributed by atoms with E-state index < -0.39 is 0 Å². The van der Waals surface area contributed by atoms with E-state index >= 15 is 0 Å². The van der Waals surface area contributed by atoms with Crippen molar-refractivity contribution in [3.05, 3.63) is 68.5 Å². The molecule has 0 radical (unpaired) electrons. The fourth-order valence-electron chi connectivity index (χ4n) is 3.66. The maximum atomic E-state index is 12.2. The van der Waals surface area contributed by atoms with Crippen molar-refractivity contribution in [3.8, 4) is 0 Å². The summed E-state index contributed by atoms with van der Waals surface area (Å²) in [6.45, 7) is 3.36. The summed E-state index contributed by atoms with van der Waals surface area (Å²) in [5, 5.41) is 0. The van der Waals surface area contributed by atoms with E-state index in [-0.39, 0.29) is 22.7 Å². The lowest BCUT2D eigenvalue weighted by molar-refractivity contribution is -0.00282. The SMILES string of the molecule is Cc1cn(CC2(COCc3ccccc3)CCC(N)CC2)c(=O)[nH]c1=O. The minimum absolute atomic E-state index is 0.140. The van der Waals surface area contributed by atoms with E-state index in [9.17, 15) is 9.59 Å². The van der Waals surface area contributed by atoms with Crippen LogP contribution in [0.1, 0.15) is 36.8 Å². The van der Waals surface area contributed by atoms with Crippen molar-refractivity contribution in [2.75, 3.05) is 6.61 Å². The first-order chi connectivity index (χ1) is 12.5. The molecule has 1 saturated carbocycles. The Labute approximate surface area is 153 Å². The van der Waals surface area contributed by atoms with E-state index in [0.29, 0.717) is 25.3 Å². The lowest BCUT2D eigenvalue weighted by atomic mass is 9.73. The maximum Gasteiger partial charge on any atom is 0.328 e. The molecule has 0 unspecified atom stereocenters. The topological polar surface area (TPSA) is 90.1 Å². The molecule has 3 rings (SSSR count). The van der Waals surface area contributed by atoms with Crippen molar-refractivity contribution in [2.45, 2.75) is 51.8 Å². The number of nitrogens with zero attached hydrogens (tertiary/aromatic N) is 1. The van der Waals surface area contributed by atoms with E-state index in [0.717, 1.165) is 31.2 Å². The Bertz CT molecular complexity index is 833. The Morgan fingerprint density at radius 1 is 1.23 bits per heavy atom. The molecule has 1 aliphatic rings. The summed E-state index contributed by atoms with van der Waals surface area (Å²) < 4.78 is 7.65. The zero-order valence-electron chi connectivity index (χ0n) is 15.2. The highest BCUT2D eigenvalue weighted by molar-refractivity contribution is 5.13. The highest BCUT2D eigenvalue weighted by atomic mass is 16.5. The van der Waals surface area contributed by atoms with Gasteiger partial charge in [-0.05, 0) is 38.2 Å². The molecule has 1 heterocycles. The summed E-state index contributed by atoms with van der Waals surface area (Å²) >= 11 is 0. The average molecular weight is 357 g/mol. The molecule has 0 spiro atoms. The Kier molecular flexibility index (Phi) is 5.74. The molecule has 6 nitrogen and oxygen atoms in total. The molecular weight excluding hydrogens is 330 g/mol. The van der Waals surface area contributed by atoms with E-state index in [4.69, 9.17) is 10.5 Å². The average Bonchev–Trinajstić information content (AvgIpc) is 2.63. The predicted molar refractivity (Wildman–Crippen MR) is 101 cm³/mol. The number of ether oxygens (including phenoxy) is 1. The van der Waals surface area contributed by atoms with E-state index in [1.807, 2.05) is 30.3 Å². The van der Waals surface area contributed by atoms with Gasteiger partial charge in [0.25, 0.3) is 5.56 Å². The summed E-state index contributed by atoms with van der Waals surface area (Å²) in [7, 11) is 0. The van der Waals surface area contributed by atoms with Crippen LogP contribution in [-0.4, -0.2) is 22.2 Å². The number of nitrogens with one attached hydrogen (secondary N) is 1. The Morgan fingerprint density at radius 2 is 1.92 bits per heavy atom. The molecule has 140 valence electrons. The number of H-pyrrole nitrogens is 1. The molecule has 1 aliphatic carbocycles. The van der Waals surface area contributed by atoms with Gasteiger partial charge in [0.15, 0.2) is 0 Å². The number of aromatic nitrogens is 2. The summed E-state index contributed by atoms with van der Waals surface area (Å²) in [6, 6.07) is 10.3. The molecule has 2 aromatic rings. The van der Waals surface area contributed by atoms with Crippen molar-refractivity contribution < 1.29 is 4.74 Å². The Balaban J connectivity index is 1.75. The third kappa shape index (κ3) is 4.51. The van der Waals surface area contributed by atoms with Crippen molar-refractivity contribution in [2.24, 2.45) is 11.1 Å². The first-order valence-corrected chi connectivity index (χ1v) is 9.15. The van der Waals surface area contributed by atoms with Gasteiger partial charge in [-0.15, -0.1) is 0 Å². The van der Waals surface area contributed by atoms with Crippen LogP contribution >= 0.6 is 0 Å². The molecule has 1 aromatic carbocycles. The van der Waals surface area contributed by atoms with Crippen LogP contribution in [-0.2, 0) is 17.9 Å². The van der Waals surface area contributed by atoms with Crippen LogP contribution in [0.3, 0.4) is 0 Å². The fourth-order valence-corrected chi connectivity index (χ4v) is 3.66. The molecule has 0 amide bonds. The molecular formula is C20H27N3O3. The van der Waals surface area contributed by atoms with Crippen LogP contribution in [0, 0.1) is 12.3 Å². The quantitative estimate of drug-likeness (QED) is 0.827. The number of hydrogen-bond donors (Lipinski definition) is 2. The van der Waals surface area contributed by atoms with Crippen molar-refractivity contribution in [1.82, 2.24) is 9.55 Å². The standard InChI is InChI=1S/C20H27N3O3/c1-15-11-23(19(25)22-18(15)24)13-20(9-7-17(21)8-10-20)14-26-12-16-5-3-2-4-6-16/h2-6,11,17H,7-10,12-14,21H2,1H3,(H,22,24,25). The summed E-state index contributed by atoms with van der Waals surface area (Å²) in [5.74, 6) is 0. The van der Waals surface area contributed by atoms with Gasteiger partial charge in [-0.3, -0.25) is 14.3 Å². The zero-order valence-corrected chi connectivity index (χ0v) is 15.2.